The maximum Gasteiger partial charge on any atom is 0.248 e. The van der Waals surface area contributed by atoms with Gasteiger partial charge in [0, 0.05) is 27.2 Å². The Morgan fingerprint density at radius 2 is 2.26 bits per heavy atom. The van der Waals surface area contributed by atoms with Crippen LogP contribution < -0.4 is 0 Å². The molecule has 0 aliphatic carbocycles. The number of nitrogens with zero attached hydrogens (tertiary/aromatic N) is 3. The lowest BCUT2D eigenvalue weighted by Crippen LogP contribution is -2.54. The van der Waals surface area contributed by atoms with E-state index in [0.717, 1.165) is 6.54 Å². The summed E-state index contributed by atoms with van der Waals surface area (Å²) in [7, 11) is 3.39. The number of hydrogen-bond acceptors (Lipinski definition) is 5. The van der Waals surface area contributed by atoms with E-state index in [9.17, 15) is 4.79 Å². The van der Waals surface area contributed by atoms with Crippen molar-refractivity contribution in [1.29, 1.82) is 5.26 Å². The van der Waals surface area contributed by atoms with Crippen LogP contribution >= 0.6 is 0 Å². The van der Waals surface area contributed by atoms with E-state index in [1.165, 1.54) is 4.90 Å². The zero-order chi connectivity index (χ0) is 14.5. The fourth-order valence-electron chi connectivity index (χ4n) is 2.13. The normalized spacial score (nSPS) is 22.8. The molecule has 1 atom stereocenters. The molecule has 0 N–H and O–H groups in total. The number of likely N-dealkylation sites (N-methyl/N-ethyl adjacent to an activating group) is 1. The molecular weight excluding hydrogens is 246 g/mol. The van der Waals surface area contributed by atoms with Crippen LogP contribution in [0.4, 0.5) is 0 Å². The van der Waals surface area contributed by atoms with Gasteiger partial charge in [-0.1, -0.05) is 0 Å². The molecule has 0 spiro atoms. The molecule has 0 unspecified atom stereocenters. The van der Waals surface area contributed by atoms with E-state index in [0.29, 0.717) is 19.7 Å². The summed E-state index contributed by atoms with van der Waals surface area (Å²) < 4.78 is 11.3. The van der Waals surface area contributed by atoms with Crippen molar-refractivity contribution in [1.82, 2.24) is 9.80 Å². The Bertz CT molecular complexity index is 350. The van der Waals surface area contributed by atoms with Crippen molar-refractivity contribution < 1.29 is 14.3 Å². The van der Waals surface area contributed by atoms with E-state index in [-0.39, 0.29) is 24.2 Å². The van der Waals surface area contributed by atoms with Crippen LogP contribution in [0.3, 0.4) is 0 Å². The molecule has 1 amide bonds. The molecule has 1 aliphatic rings. The van der Waals surface area contributed by atoms with Crippen LogP contribution in [0, 0.1) is 11.3 Å². The van der Waals surface area contributed by atoms with Crippen LogP contribution in [0.2, 0.25) is 0 Å². The Hall–Kier alpha value is -1.16. The lowest BCUT2D eigenvalue weighted by molar-refractivity contribution is -0.158. The highest BCUT2D eigenvalue weighted by molar-refractivity contribution is 5.76. The van der Waals surface area contributed by atoms with E-state index >= 15 is 0 Å². The van der Waals surface area contributed by atoms with Gasteiger partial charge in [0.1, 0.15) is 6.61 Å². The molecule has 0 saturated carbocycles. The smallest absolute Gasteiger partial charge is 0.248 e. The minimum atomic E-state index is -0.297. The van der Waals surface area contributed by atoms with Gasteiger partial charge in [-0.05, 0) is 13.8 Å². The molecular formula is C13H23N3O3. The fourth-order valence-corrected chi connectivity index (χ4v) is 2.13. The molecule has 1 heterocycles. The number of carbonyl (C=O) groups excluding carboxylic acids is 1. The van der Waals surface area contributed by atoms with Crippen molar-refractivity contribution in [2.75, 3.05) is 46.9 Å². The number of rotatable bonds is 5. The maximum atomic E-state index is 11.4. The number of amides is 1. The molecule has 6 nitrogen and oxygen atoms in total. The third kappa shape index (κ3) is 5.55. The van der Waals surface area contributed by atoms with Gasteiger partial charge in [0.25, 0.3) is 0 Å². The SMILES string of the molecule is CN(C)C(=O)COC[C@H]1CN(CC#N)CC(C)(C)O1. The van der Waals surface area contributed by atoms with Crippen molar-refractivity contribution in [2.24, 2.45) is 0 Å². The second-order valence-electron chi connectivity index (χ2n) is 5.63. The minimum Gasteiger partial charge on any atom is -0.369 e. The Kier molecular flexibility index (Phi) is 5.73. The topological polar surface area (TPSA) is 65.8 Å². The average Bonchev–Trinajstić information content (AvgIpc) is 2.26. The third-order valence-corrected chi connectivity index (χ3v) is 2.87. The molecule has 108 valence electrons. The molecule has 0 bridgehead atoms. The maximum absolute atomic E-state index is 11.4. The lowest BCUT2D eigenvalue weighted by atomic mass is 10.1. The first kappa shape index (κ1) is 15.9. The molecule has 1 saturated heterocycles. The quantitative estimate of drug-likeness (QED) is 0.662. The number of hydrogen-bond donors (Lipinski definition) is 0. The highest BCUT2D eigenvalue weighted by atomic mass is 16.5. The number of carbonyl (C=O) groups is 1. The van der Waals surface area contributed by atoms with Gasteiger partial charge in [-0.15, -0.1) is 0 Å². The Morgan fingerprint density at radius 3 is 2.84 bits per heavy atom. The largest absolute Gasteiger partial charge is 0.369 e. The summed E-state index contributed by atoms with van der Waals surface area (Å²) >= 11 is 0. The molecule has 1 aliphatic heterocycles. The van der Waals surface area contributed by atoms with Gasteiger partial charge < -0.3 is 14.4 Å². The average molecular weight is 269 g/mol. The van der Waals surface area contributed by atoms with E-state index in [1.807, 2.05) is 18.7 Å². The molecule has 6 heteroatoms. The van der Waals surface area contributed by atoms with Crippen molar-refractivity contribution in [3.63, 3.8) is 0 Å². The van der Waals surface area contributed by atoms with Crippen LogP contribution in [0.1, 0.15) is 13.8 Å². The zero-order valence-corrected chi connectivity index (χ0v) is 12.2. The standard InChI is InChI=1S/C13H23N3O3/c1-13(2)10-16(6-5-14)7-11(19-13)8-18-9-12(17)15(3)4/h11H,6-10H2,1-4H3/t11-/m1/s1. The Labute approximate surface area is 114 Å². The summed E-state index contributed by atoms with van der Waals surface area (Å²) in [6.45, 7) is 6.19. The van der Waals surface area contributed by atoms with Gasteiger partial charge in [0.2, 0.25) is 5.91 Å². The second kappa shape index (κ2) is 6.85. The van der Waals surface area contributed by atoms with Crippen LogP contribution in [0.15, 0.2) is 0 Å². The summed E-state index contributed by atoms with van der Waals surface area (Å²) in [6.07, 6.45) is -0.105. The van der Waals surface area contributed by atoms with Crippen molar-refractivity contribution in [3.05, 3.63) is 0 Å². The van der Waals surface area contributed by atoms with Crippen molar-refractivity contribution >= 4 is 5.91 Å². The molecule has 0 radical (unpaired) electrons. The summed E-state index contributed by atoms with van der Waals surface area (Å²) in [5.74, 6) is -0.0658. The predicted molar refractivity (Wildman–Crippen MR) is 70.5 cm³/mol. The number of nitriles is 1. The summed E-state index contributed by atoms with van der Waals surface area (Å²) in [5, 5.41) is 8.77. The van der Waals surface area contributed by atoms with Gasteiger partial charge in [0.15, 0.2) is 0 Å². The molecule has 0 aromatic heterocycles. The third-order valence-electron chi connectivity index (χ3n) is 2.87. The lowest BCUT2D eigenvalue weighted by Gasteiger charge is -2.41. The monoisotopic (exact) mass is 269 g/mol. The second-order valence-corrected chi connectivity index (χ2v) is 5.63. The van der Waals surface area contributed by atoms with E-state index < -0.39 is 0 Å². The number of ether oxygens (including phenoxy) is 2. The number of morpholine rings is 1. The van der Waals surface area contributed by atoms with Crippen LogP contribution in [0.5, 0.6) is 0 Å². The highest BCUT2D eigenvalue weighted by Crippen LogP contribution is 2.20. The van der Waals surface area contributed by atoms with Gasteiger partial charge in [-0.3, -0.25) is 9.69 Å². The van der Waals surface area contributed by atoms with E-state index in [2.05, 4.69) is 6.07 Å². The fraction of sp³-hybridized carbons (Fsp3) is 0.846. The predicted octanol–water partition coefficient (Wildman–Crippen LogP) is 0.0942. The van der Waals surface area contributed by atoms with Gasteiger partial charge >= 0.3 is 0 Å². The zero-order valence-electron chi connectivity index (χ0n) is 12.2. The minimum absolute atomic E-state index is 0.0611. The summed E-state index contributed by atoms with van der Waals surface area (Å²) in [5.41, 5.74) is -0.297. The van der Waals surface area contributed by atoms with Crippen LogP contribution in [0.25, 0.3) is 0 Å². The van der Waals surface area contributed by atoms with Gasteiger partial charge in [0.05, 0.1) is 30.9 Å². The Balaban J connectivity index is 2.40. The molecule has 1 fully saturated rings. The van der Waals surface area contributed by atoms with Crippen molar-refractivity contribution in [2.45, 2.75) is 25.6 Å². The highest BCUT2D eigenvalue weighted by Gasteiger charge is 2.33. The summed E-state index contributed by atoms with van der Waals surface area (Å²) in [4.78, 5) is 14.9. The first-order valence-corrected chi connectivity index (χ1v) is 6.39. The Morgan fingerprint density at radius 1 is 1.58 bits per heavy atom. The van der Waals surface area contributed by atoms with E-state index in [1.54, 1.807) is 14.1 Å². The first-order valence-electron chi connectivity index (χ1n) is 6.39. The van der Waals surface area contributed by atoms with Gasteiger partial charge in [-0.2, -0.15) is 5.26 Å². The van der Waals surface area contributed by atoms with Crippen LogP contribution in [-0.4, -0.2) is 74.4 Å². The molecule has 1 rings (SSSR count). The van der Waals surface area contributed by atoms with E-state index in [4.69, 9.17) is 14.7 Å². The molecule has 0 aromatic carbocycles. The van der Waals surface area contributed by atoms with Crippen molar-refractivity contribution in [3.8, 4) is 6.07 Å². The van der Waals surface area contributed by atoms with Gasteiger partial charge in [-0.25, -0.2) is 0 Å². The van der Waals surface area contributed by atoms with Crippen LogP contribution in [-0.2, 0) is 14.3 Å². The molecule has 19 heavy (non-hydrogen) atoms. The summed E-state index contributed by atoms with van der Waals surface area (Å²) in [6, 6.07) is 2.15. The molecule has 0 aromatic rings. The first-order chi connectivity index (χ1) is 8.84.